The van der Waals surface area contributed by atoms with Crippen molar-refractivity contribution >= 4 is 8.07 Å². The van der Waals surface area contributed by atoms with Crippen LogP contribution in [0.3, 0.4) is 0 Å². The van der Waals surface area contributed by atoms with E-state index in [2.05, 4.69) is 25.2 Å². The van der Waals surface area contributed by atoms with E-state index in [-0.39, 0.29) is 35.8 Å². The normalized spacial score (nSPS) is 7.75. The van der Waals surface area contributed by atoms with Crippen molar-refractivity contribution in [3.8, 4) is 12.0 Å². The molecule has 0 saturated carbocycles. The molecule has 0 heterocycles. The summed E-state index contributed by atoms with van der Waals surface area (Å²) in [7, 11) is -1.10. The van der Waals surface area contributed by atoms with Crippen LogP contribution in [-0.4, -0.2) is 8.07 Å². The Morgan fingerprint density at radius 3 is 1.38 bits per heavy atom. The van der Waals surface area contributed by atoms with E-state index in [0.717, 1.165) is 0 Å². The second-order valence-corrected chi connectivity index (χ2v) is 7.18. The Bertz CT molecular complexity index is 79.4. The summed E-state index contributed by atoms with van der Waals surface area (Å²) < 4.78 is 0. The molecule has 0 aromatic heterocycles. The van der Waals surface area contributed by atoms with Crippen LogP contribution < -0.4 is 35.8 Å². The van der Waals surface area contributed by atoms with E-state index in [1.54, 1.807) is 0 Å². The fourth-order valence-corrected chi connectivity index (χ4v) is 0. The number of hydrogen-bond acceptors (Lipinski definition) is 0. The number of hydrogen-bond donors (Lipinski definition) is 0. The first-order valence-electron chi connectivity index (χ1n) is 2.04. The van der Waals surface area contributed by atoms with E-state index >= 15 is 0 Å². The van der Waals surface area contributed by atoms with Crippen LogP contribution in [0.5, 0.6) is 0 Å². The molecule has 0 radical (unpaired) electrons. The first kappa shape index (κ1) is 15.9. The van der Waals surface area contributed by atoms with Gasteiger partial charge >= 0.3 is 18.9 Å². The predicted molar refractivity (Wildman–Crippen MR) is 32.2 cm³/mol. The van der Waals surface area contributed by atoms with Gasteiger partial charge < -0.3 is 17.0 Å². The van der Waals surface area contributed by atoms with Crippen molar-refractivity contribution < 1.29 is 35.8 Å². The van der Waals surface area contributed by atoms with Crippen molar-refractivity contribution in [3.63, 3.8) is 0 Å². The summed E-state index contributed by atoms with van der Waals surface area (Å²) in [6.07, 6.45) is 5.12. The smallest absolute Gasteiger partial charge is 1.00 e. The van der Waals surface area contributed by atoms with Gasteiger partial charge in [0.25, 0.3) is 0 Å². The van der Waals surface area contributed by atoms with Gasteiger partial charge in [-0.25, -0.2) is 0 Å². The van der Waals surface area contributed by atoms with Gasteiger partial charge in [-0.2, -0.15) is 0 Å². The van der Waals surface area contributed by atoms with Crippen molar-refractivity contribution in [3.05, 3.63) is 0 Å². The molecule has 0 saturated heterocycles. The Morgan fingerprint density at radius 1 is 1.25 bits per heavy atom. The van der Waals surface area contributed by atoms with Gasteiger partial charge in [-0.1, -0.05) is 19.6 Å². The molecule has 0 aliphatic rings. The van der Waals surface area contributed by atoms with E-state index in [1.165, 1.54) is 0 Å². The van der Waals surface area contributed by atoms with Gasteiger partial charge in [0.15, 0.2) is 0 Å². The summed E-state index contributed by atoms with van der Waals surface area (Å²) in [5, 5.41) is 0. The van der Waals surface area contributed by atoms with Gasteiger partial charge in [0.2, 0.25) is 0 Å². The molecule has 0 amide bonds. The third-order valence-electron chi connectivity index (χ3n) is 0.433. The molecule has 0 fully saturated rings. The minimum atomic E-state index is -1.10. The molecule has 3 heteroatoms. The van der Waals surface area contributed by atoms with E-state index in [4.69, 9.17) is 6.42 Å². The maximum atomic E-state index is 5.12. The van der Waals surface area contributed by atoms with Crippen LogP contribution in [0.25, 0.3) is 0 Å². The Balaban J connectivity index is -0.000000125. The average Bonchev–Trinajstić information content (AvgIpc) is 1.35. The molecule has 0 aliphatic carbocycles. The molecule has 0 unspecified atom stereocenters. The predicted octanol–water partition coefficient (Wildman–Crippen LogP) is -4.49. The van der Waals surface area contributed by atoms with Crippen LogP contribution in [-0.2, 0) is 0 Å². The minimum Gasteiger partial charge on any atom is -1.00 e. The Hall–Kier alpha value is 0.854. The van der Waals surface area contributed by atoms with E-state index in [9.17, 15) is 0 Å². The van der Waals surface area contributed by atoms with Crippen LogP contribution in [0.15, 0.2) is 0 Å². The molecule has 0 nitrogen and oxygen atoms in total. The van der Waals surface area contributed by atoms with Crippen LogP contribution in [0.1, 0.15) is 0 Å². The first-order chi connectivity index (χ1) is 2.56. The van der Waals surface area contributed by atoms with Crippen molar-refractivity contribution in [2.24, 2.45) is 0 Å². The van der Waals surface area contributed by atoms with Gasteiger partial charge in [-0.15, -0.1) is 12.0 Å². The van der Waals surface area contributed by atoms with E-state index < -0.39 is 8.07 Å². The van der Waals surface area contributed by atoms with Crippen molar-refractivity contribution in [1.82, 2.24) is 0 Å². The second-order valence-electron chi connectivity index (χ2n) is 2.39. The van der Waals surface area contributed by atoms with Gasteiger partial charge in [-0.3, -0.25) is 0 Å². The van der Waals surface area contributed by atoms with Crippen LogP contribution in [0, 0.1) is 12.0 Å². The zero-order chi connectivity index (χ0) is 5.21. The molecule has 0 bridgehead atoms. The van der Waals surface area contributed by atoms with E-state index in [0.29, 0.717) is 0 Å². The van der Waals surface area contributed by atoms with Gasteiger partial charge in [0.1, 0.15) is 8.07 Å². The summed E-state index contributed by atoms with van der Waals surface area (Å²) in [5.74, 6) is 0. The zero-order valence-electron chi connectivity index (χ0n) is 5.96. The summed E-state index contributed by atoms with van der Waals surface area (Å²) in [6.45, 7) is 6.44. The maximum Gasteiger partial charge on any atom is 1.00 e. The molecule has 0 spiro atoms. The monoisotopic (exact) mass is 184 g/mol. The Kier molecular flexibility index (Phi) is 11.9. The quantitative estimate of drug-likeness (QED) is 0.263. The fraction of sp³-hybridized carbons (Fsp3) is 0.600. The van der Waals surface area contributed by atoms with Gasteiger partial charge in [0.05, 0.1) is 0 Å². The van der Waals surface area contributed by atoms with Gasteiger partial charge in [-0.05, 0) is 0 Å². The molecule has 0 aromatic rings. The van der Waals surface area contributed by atoms with Crippen LogP contribution in [0.4, 0.5) is 0 Å². The summed E-state index contributed by atoms with van der Waals surface area (Å²) >= 11 is 0. The molecule has 0 aromatic carbocycles. The molecule has 0 rings (SSSR count). The third-order valence-corrected chi connectivity index (χ3v) is 1.30. The number of terminal acetylenes is 1. The van der Waals surface area contributed by atoms with E-state index in [1.807, 2.05) is 0 Å². The minimum absolute atomic E-state index is 0. The molecule has 0 atom stereocenters. The number of halogens is 1. The summed E-state index contributed by atoms with van der Waals surface area (Å²) in [4.78, 5) is 0. The van der Waals surface area contributed by atoms with Crippen molar-refractivity contribution in [2.75, 3.05) is 0 Å². The summed E-state index contributed by atoms with van der Waals surface area (Å²) in [6, 6.07) is 0. The molecular weight excluding hydrogens is 175 g/mol. The Morgan fingerprint density at radius 2 is 1.38 bits per heavy atom. The number of rotatable bonds is 0. The SMILES string of the molecule is C#C[Si](C)(C)C.[Br-].[Li+]. The third kappa shape index (κ3) is 15.8. The molecule has 0 aliphatic heterocycles. The van der Waals surface area contributed by atoms with Crippen LogP contribution in [0.2, 0.25) is 19.6 Å². The van der Waals surface area contributed by atoms with Crippen molar-refractivity contribution in [2.45, 2.75) is 19.6 Å². The fourth-order valence-electron chi connectivity index (χ4n) is 0. The molecule has 8 heavy (non-hydrogen) atoms. The zero-order valence-corrected chi connectivity index (χ0v) is 8.54. The Labute approximate surface area is 75.4 Å². The largest absolute Gasteiger partial charge is 1.00 e. The van der Waals surface area contributed by atoms with Crippen LogP contribution >= 0.6 is 0 Å². The topological polar surface area (TPSA) is 0 Å². The maximum absolute atomic E-state index is 5.12. The van der Waals surface area contributed by atoms with Gasteiger partial charge in [0, 0.05) is 0 Å². The molecular formula is C5H10BrLiSi. The van der Waals surface area contributed by atoms with Crippen molar-refractivity contribution in [1.29, 1.82) is 0 Å². The standard InChI is InChI=1S/C5H10Si.BrH.Li/c1-5-6(2,3)4;;/h1H,2-4H3;1H;/q;;+1/p-1. The summed E-state index contributed by atoms with van der Waals surface area (Å²) in [5.41, 5.74) is 2.74. The average molecular weight is 185 g/mol. The molecule has 0 N–H and O–H groups in total. The molecule has 42 valence electrons. The first-order valence-corrected chi connectivity index (χ1v) is 5.54. The second kappa shape index (κ2) is 5.98.